The second-order valence-corrected chi connectivity index (χ2v) is 8.64. The molecule has 3 aromatic carbocycles. The summed E-state index contributed by atoms with van der Waals surface area (Å²) in [6.45, 7) is 8.50. The van der Waals surface area contributed by atoms with Gasteiger partial charge in [0, 0.05) is 0 Å². The van der Waals surface area contributed by atoms with E-state index in [0.29, 0.717) is 13.2 Å². The van der Waals surface area contributed by atoms with Crippen LogP contribution >= 0.6 is 0 Å². The van der Waals surface area contributed by atoms with E-state index in [2.05, 4.69) is 24.3 Å². The molecule has 0 fully saturated rings. The van der Waals surface area contributed by atoms with E-state index in [9.17, 15) is 9.59 Å². The zero-order chi connectivity index (χ0) is 21.4. The quantitative estimate of drug-likeness (QED) is 0.365. The van der Waals surface area contributed by atoms with Gasteiger partial charge in [-0.05, 0) is 57.0 Å². The van der Waals surface area contributed by atoms with Crippen LogP contribution in [0.5, 0.6) is 0 Å². The van der Waals surface area contributed by atoms with E-state index in [0.717, 1.165) is 33.0 Å². The highest BCUT2D eigenvalue weighted by Crippen LogP contribution is 2.48. The molecule has 0 heterocycles. The van der Waals surface area contributed by atoms with Crippen LogP contribution in [-0.4, -0.2) is 25.2 Å². The van der Waals surface area contributed by atoms with E-state index in [1.54, 1.807) is 12.1 Å². The fourth-order valence-electron chi connectivity index (χ4n) is 3.81. The maximum absolute atomic E-state index is 12.9. The zero-order valence-electron chi connectivity index (χ0n) is 17.8. The molecule has 0 amide bonds. The average molecular weight is 402 g/mol. The molecule has 0 unspecified atom stereocenters. The van der Waals surface area contributed by atoms with Crippen LogP contribution in [0, 0.1) is 11.8 Å². The molecular formula is C26H26O4. The molecule has 4 nitrogen and oxygen atoms in total. The highest BCUT2D eigenvalue weighted by molar-refractivity contribution is 6.17. The lowest BCUT2D eigenvalue weighted by Gasteiger charge is -2.14. The molecular weight excluding hydrogens is 376 g/mol. The van der Waals surface area contributed by atoms with Crippen LogP contribution in [0.25, 0.3) is 33.0 Å². The number of esters is 2. The number of hydrogen-bond donors (Lipinski definition) is 0. The summed E-state index contributed by atoms with van der Waals surface area (Å²) in [6, 6.07) is 15.9. The highest BCUT2D eigenvalue weighted by atomic mass is 16.5. The van der Waals surface area contributed by atoms with Crippen molar-refractivity contribution in [1.82, 2.24) is 0 Å². The summed E-state index contributed by atoms with van der Waals surface area (Å²) in [5.74, 6) is -0.576. The van der Waals surface area contributed by atoms with Crippen molar-refractivity contribution < 1.29 is 19.1 Å². The summed E-state index contributed by atoms with van der Waals surface area (Å²) < 4.78 is 10.9. The SMILES string of the molecule is CC(C)COC(=O)c1cc2c(cc1C(=O)OCC(C)C)-c1cccc3cccc-2c13. The van der Waals surface area contributed by atoms with Gasteiger partial charge in [0.2, 0.25) is 0 Å². The first-order chi connectivity index (χ1) is 14.4. The lowest BCUT2D eigenvalue weighted by Crippen LogP contribution is -2.17. The first kappa shape index (κ1) is 20.1. The number of carbonyl (C=O) groups excluding carboxylic acids is 2. The third kappa shape index (κ3) is 3.58. The molecule has 0 spiro atoms. The Morgan fingerprint density at radius 3 is 1.53 bits per heavy atom. The number of carbonyl (C=O) groups is 2. The fraction of sp³-hybridized carbons (Fsp3) is 0.308. The Labute approximate surface area is 176 Å². The molecule has 154 valence electrons. The topological polar surface area (TPSA) is 52.6 Å². The molecule has 4 heteroatoms. The van der Waals surface area contributed by atoms with Crippen molar-refractivity contribution in [2.24, 2.45) is 11.8 Å². The number of benzene rings is 3. The fourth-order valence-corrected chi connectivity index (χ4v) is 3.81. The van der Waals surface area contributed by atoms with Gasteiger partial charge >= 0.3 is 11.9 Å². The Bertz CT molecular complexity index is 1060. The summed E-state index contributed by atoms with van der Waals surface area (Å²) in [7, 11) is 0. The first-order valence-electron chi connectivity index (χ1n) is 10.4. The molecule has 0 radical (unpaired) electrons. The van der Waals surface area contributed by atoms with Crippen molar-refractivity contribution >= 4 is 22.7 Å². The minimum atomic E-state index is -0.494. The Kier molecular flexibility index (Phi) is 5.33. The molecule has 0 saturated carbocycles. The summed E-state index contributed by atoms with van der Waals surface area (Å²) in [6.07, 6.45) is 0. The van der Waals surface area contributed by atoms with Crippen LogP contribution in [-0.2, 0) is 9.47 Å². The maximum atomic E-state index is 12.9. The van der Waals surface area contributed by atoms with Gasteiger partial charge in [-0.3, -0.25) is 0 Å². The van der Waals surface area contributed by atoms with Crippen molar-refractivity contribution in [3.63, 3.8) is 0 Å². The molecule has 0 saturated heterocycles. The van der Waals surface area contributed by atoms with Gasteiger partial charge in [-0.15, -0.1) is 0 Å². The summed E-state index contributed by atoms with van der Waals surface area (Å²) in [4.78, 5) is 25.8. The van der Waals surface area contributed by atoms with E-state index in [1.807, 2.05) is 39.8 Å². The van der Waals surface area contributed by atoms with Crippen molar-refractivity contribution in [3.05, 3.63) is 59.7 Å². The average Bonchev–Trinajstić information content (AvgIpc) is 3.04. The number of fused-ring (bicyclic) bond motifs is 3. The number of hydrogen-bond acceptors (Lipinski definition) is 4. The van der Waals surface area contributed by atoms with Crippen molar-refractivity contribution in [3.8, 4) is 22.3 Å². The normalized spacial score (nSPS) is 11.8. The predicted molar refractivity (Wildman–Crippen MR) is 119 cm³/mol. The van der Waals surface area contributed by atoms with Gasteiger partial charge in [0.05, 0.1) is 24.3 Å². The monoisotopic (exact) mass is 402 g/mol. The van der Waals surface area contributed by atoms with Gasteiger partial charge in [-0.2, -0.15) is 0 Å². The van der Waals surface area contributed by atoms with Crippen molar-refractivity contribution in [1.29, 1.82) is 0 Å². The van der Waals surface area contributed by atoms with Crippen LogP contribution in [0.1, 0.15) is 48.4 Å². The molecule has 0 bridgehead atoms. The van der Waals surface area contributed by atoms with Crippen LogP contribution in [0.4, 0.5) is 0 Å². The van der Waals surface area contributed by atoms with Crippen LogP contribution in [0.3, 0.4) is 0 Å². The maximum Gasteiger partial charge on any atom is 0.339 e. The molecule has 1 aliphatic rings. The molecule has 0 aromatic heterocycles. The van der Waals surface area contributed by atoms with E-state index in [1.165, 1.54) is 0 Å². The molecule has 4 rings (SSSR count). The Morgan fingerprint density at radius 2 is 1.13 bits per heavy atom. The largest absolute Gasteiger partial charge is 0.462 e. The second kappa shape index (κ2) is 7.94. The molecule has 0 aliphatic heterocycles. The van der Waals surface area contributed by atoms with E-state index in [-0.39, 0.29) is 23.0 Å². The molecule has 0 N–H and O–H groups in total. The van der Waals surface area contributed by atoms with Crippen molar-refractivity contribution in [2.45, 2.75) is 27.7 Å². The number of rotatable bonds is 6. The van der Waals surface area contributed by atoms with Crippen LogP contribution < -0.4 is 0 Å². The van der Waals surface area contributed by atoms with Gasteiger partial charge in [0.15, 0.2) is 0 Å². The Balaban J connectivity index is 1.85. The lowest BCUT2D eigenvalue weighted by molar-refractivity contribution is 0.0412. The summed E-state index contributed by atoms with van der Waals surface area (Å²) in [5.41, 5.74) is 4.54. The number of ether oxygens (including phenoxy) is 2. The zero-order valence-corrected chi connectivity index (χ0v) is 17.8. The van der Waals surface area contributed by atoms with Crippen molar-refractivity contribution in [2.75, 3.05) is 13.2 Å². The first-order valence-corrected chi connectivity index (χ1v) is 10.4. The molecule has 1 aliphatic carbocycles. The van der Waals surface area contributed by atoms with Gasteiger partial charge in [0.1, 0.15) is 0 Å². The minimum absolute atomic E-state index is 0.206. The minimum Gasteiger partial charge on any atom is -0.462 e. The van der Waals surface area contributed by atoms with Gasteiger partial charge in [-0.1, -0.05) is 64.1 Å². The Hall–Kier alpha value is -3.14. The molecule has 0 atom stereocenters. The molecule has 3 aromatic rings. The molecule has 30 heavy (non-hydrogen) atoms. The van der Waals surface area contributed by atoms with E-state index in [4.69, 9.17) is 9.47 Å². The third-order valence-corrected chi connectivity index (χ3v) is 5.18. The smallest absolute Gasteiger partial charge is 0.339 e. The predicted octanol–water partition coefficient (Wildman–Crippen LogP) is 6.11. The van der Waals surface area contributed by atoms with Gasteiger partial charge in [0.25, 0.3) is 0 Å². The van der Waals surface area contributed by atoms with E-state index >= 15 is 0 Å². The van der Waals surface area contributed by atoms with Crippen LogP contribution in [0.2, 0.25) is 0 Å². The Morgan fingerprint density at radius 1 is 0.700 bits per heavy atom. The summed E-state index contributed by atoms with van der Waals surface area (Å²) in [5, 5.41) is 2.28. The van der Waals surface area contributed by atoms with Gasteiger partial charge < -0.3 is 9.47 Å². The standard InChI is InChI=1S/C26H26O4/c1-15(2)13-29-25(27)22-11-20-18-9-5-7-17-8-6-10-19(24(17)18)21(20)12-23(22)26(28)30-14-16(3)4/h5-12,15-16H,13-14H2,1-4H3. The highest BCUT2D eigenvalue weighted by Gasteiger charge is 2.28. The third-order valence-electron chi connectivity index (χ3n) is 5.18. The van der Waals surface area contributed by atoms with Gasteiger partial charge in [-0.25, -0.2) is 9.59 Å². The van der Waals surface area contributed by atoms with E-state index < -0.39 is 11.9 Å². The second-order valence-electron chi connectivity index (χ2n) is 8.64. The van der Waals surface area contributed by atoms with Crippen LogP contribution in [0.15, 0.2) is 48.5 Å². The summed E-state index contributed by atoms with van der Waals surface area (Å²) >= 11 is 0. The lowest BCUT2D eigenvalue weighted by atomic mass is 9.96.